The van der Waals surface area contributed by atoms with Crippen LogP contribution in [0.4, 0.5) is 0 Å². The molecule has 0 bridgehead atoms. The monoisotopic (exact) mass is 379 g/mol. The van der Waals surface area contributed by atoms with E-state index < -0.39 is 0 Å². The summed E-state index contributed by atoms with van der Waals surface area (Å²) in [4.78, 5) is 8.64. The predicted octanol–water partition coefficient (Wildman–Crippen LogP) is 4.69. The van der Waals surface area contributed by atoms with Crippen molar-refractivity contribution in [1.82, 2.24) is 24.7 Å². The fraction of sp³-hybridized carbons (Fsp3) is 0.158. The van der Waals surface area contributed by atoms with Gasteiger partial charge in [-0.05, 0) is 38.1 Å². The quantitative estimate of drug-likeness (QED) is 0.471. The fourth-order valence-corrected chi connectivity index (χ4v) is 4.15. The summed E-state index contributed by atoms with van der Waals surface area (Å²) in [6, 6.07) is 12.3. The highest BCUT2D eigenvalue weighted by Gasteiger charge is 2.16. The molecular formula is C19H17N5S2. The first-order valence-corrected chi connectivity index (χ1v) is 10.0. The van der Waals surface area contributed by atoms with Crippen molar-refractivity contribution >= 4 is 23.1 Å². The maximum absolute atomic E-state index is 4.54. The number of thioether (sulfide) groups is 1. The molecule has 4 aromatic rings. The Hall–Kier alpha value is -2.51. The van der Waals surface area contributed by atoms with Gasteiger partial charge in [-0.15, -0.1) is 21.5 Å². The van der Waals surface area contributed by atoms with Gasteiger partial charge in [0, 0.05) is 34.8 Å². The van der Waals surface area contributed by atoms with Crippen LogP contribution in [0.5, 0.6) is 0 Å². The van der Waals surface area contributed by atoms with Crippen LogP contribution in [0.2, 0.25) is 0 Å². The van der Waals surface area contributed by atoms with E-state index in [0.29, 0.717) is 0 Å². The highest BCUT2D eigenvalue weighted by Crippen LogP contribution is 2.29. The Morgan fingerprint density at radius 1 is 1.00 bits per heavy atom. The van der Waals surface area contributed by atoms with Crippen molar-refractivity contribution in [3.05, 3.63) is 70.4 Å². The molecule has 0 fully saturated rings. The molecule has 0 atom stereocenters. The van der Waals surface area contributed by atoms with E-state index >= 15 is 0 Å². The summed E-state index contributed by atoms with van der Waals surface area (Å²) in [6.07, 6.45) is 3.54. The fourth-order valence-electron chi connectivity index (χ4n) is 2.59. The Bertz CT molecular complexity index is 1010. The lowest BCUT2D eigenvalue weighted by Crippen LogP contribution is -2.00. The summed E-state index contributed by atoms with van der Waals surface area (Å²) >= 11 is 3.32. The average molecular weight is 380 g/mol. The molecule has 5 nitrogen and oxygen atoms in total. The van der Waals surface area contributed by atoms with Crippen LogP contribution in [-0.2, 0) is 5.75 Å². The van der Waals surface area contributed by atoms with Gasteiger partial charge in [0.05, 0.1) is 10.7 Å². The Balaban J connectivity index is 1.73. The van der Waals surface area contributed by atoms with E-state index in [2.05, 4.69) is 61.3 Å². The van der Waals surface area contributed by atoms with Crippen LogP contribution in [0.25, 0.3) is 17.1 Å². The molecule has 0 unspecified atom stereocenters. The third-order valence-electron chi connectivity index (χ3n) is 3.88. The normalized spacial score (nSPS) is 11.0. The van der Waals surface area contributed by atoms with E-state index in [9.17, 15) is 0 Å². The van der Waals surface area contributed by atoms with Crippen molar-refractivity contribution in [2.24, 2.45) is 0 Å². The summed E-state index contributed by atoms with van der Waals surface area (Å²) in [5, 5.41) is 12.9. The molecule has 4 rings (SSSR count). The second-order valence-electron chi connectivity index (χ2n) is 5.86. The van der Waals surface area contributed by atoms with Crippen molar-refractivity contribution in [1.29, 1.82) is 0 Å². The third-order valence-corrected chi connectivity index (χ3v) is 5.66. The Labute approximate surface area is 160 Å². The summed E-state index contributed by atoms with van der Waals surface area (Å²) in [6.45, 7) is 4.11. The molecule has 0 N–H and O–H groups in total. The number of benzene rings is 1. The predicted molar refractivity (Wildman–Crippen MR) is 106 cm³/mol. The van der Waals surface area contributed by atoms with Crippen LogP contribution < -0.4 is 0 Å². The van der Waals surface area contributed by atoms with Gasteiger partial charge in [0.25, 0.3) is 0 Å². The largest absolute Gasteiger partial charge is 0.270 e. The Morgan fingerprint density at radius 2 is 1.77 bits per heavy atom. The van der Waals surface area contributed by atoms with Gasteiger partial charge >= 0.3 is 0 Å². The number of hydrogen-bond donors (Lipinski definition) is 0. The summed E-state index contributed by atoms with van der Waals surface area (Å²) in [7, 11) is 0. The number of pyridine rings is 1. The smallest absolute Gasteiger partial charge is 0.196 e. The molecule has 0 amide bonds. The van der Waals surface area contributed by atoms with Gasteiger partial charge in [0.15, 0.2) is 11.0 Å². The molecule has 26 heavy (non-hydrogen) atoms. The van der Waals surface area contributed by atoms with Crippen LogP contribution >= 0.6 is 23.1 Å². The van der Waals surface area contributed by atoms with Crippen molar-refractivity contribution in [2.45, 2.75) is 24.8 Å². The van der Waals surface area contributed by atoms with Crippen LogP contribution in [0.3, 0.4) is 0 Å². The van der Waals surface area contributed by atoms with E-state index in [4.69, 9.17) is 0 Å². The molecule has 7 heteroatoms. The molecule has 0 radical (unpaired) electrons. The highest BCUT2D eigenvalue weighted by atomic mass is 32.2. The number of aromatic nitrogens is 5. The van der Waals surface area contributed by atoms with E-state index in [1.165, 1.54) is 5.56 Å². The maximum Gasteiger partial charge on any atom is 0.196 e. The number of hydrogen-bond acceptors (Lipinski definition) is 6. The lowest BCUT2D eigenvalue weighted by molar-refractivity contribution is 0.884. The van der Waals surface area contributed by atoms with E-state index in [0.717, 1.165) is 38.7 Å². The van der Waals surface area contributed by atoms with Gasteiger partial charge < -0.3 is 0 Å². The van der Waals surface area contributed by atoms with Crippen molar-refractivity contribution in [2.75, 3.05) is 0 Å². The zero-order valence-corrected chi connectivity index (χ0v) is 16.1. The molecule has 0 spiro atoms. The first-order valence-electron chi connectivity index (χ1n) is 8.17. The van der Waals surface area contributed by atoms with E-state index in [1.807, 2.05) is 19.1 Å². The summed E-state index contributed by atoms with van der Waals surface area (Å²) in [5.41, 5.74) is 4.33. The van der Waals surface area contributed by atoms with E-state index in [-0.39, 0.29) is 0 Å². The van der Waals surface area contributed by atoms with Crippen LogP contribution in [0.15, 0.2) is 59.3 Å². The molecule has 0 saturated carbocycles. The zero-order valence-electron chi connectivity index (χ0n) is 14.5. The molecule has 1 aromatic carbocycles. The standard InChI is InChI=1S/C19H17N5S2/c1-13-3-5-17(6-4-13)24-18(15-7-9-20-10-8-15)22-23-19(24)26-12-16-11-25-14(2)21-16/h3-11H,12H2,1-2H3. The van der Waals surface area contributed by atoms with Crippen LogP contribution in [-0.4, -0.2) is 24.7 Å². The van der Waals surface area contributed by atoms with Gasteiger partial charge in [-0.2, -0.15) is 0 Å². The van der Waals surface area contributed by atoms with Crippen molar-refractivity contribution in [3.8, 4) is 17.1 Å². The molecule has 0 aliphatic carbocycles. The van der Waals surface area contributed by atoms with E-state index in [1.54, 1.807) is 35.5 Å². The highest BCUT2D eigenvalue weighted by molar-refractivity contribution is 7.98. The number of rotatable bonds is 5. The summed E-state index contributed by atoms with van der Waals surface area (Å²) < 4.78 is 2.10. The number of aryl methyl sites for hydroxylation is 2. The van der Waals surface area contributed by atoms with Crippen LogP contribution in [0, 0.1) is 13.8 Å². The molecule has 3 heterocycles. The molecule has 0 saturated heterocycles. The number of thiazole rings is 1. The molecule has 3 aromatic heterocycles. The lowest BCUT2D eigenvalue weighted by Gasteiger charge is -2.10. The maximum atomic E-state index is 4.54. The SMILES string of the molecule is Cc1ccc(-n2c(SCc3csc(C)n3)nnc2-c2ccncc2)cc1. The number of nitrogens with zero attached hydrogens (tertiary/aromatic N) is 5. The topological polar surface area (TPSA) is 56.5 Å². The van der Waals surface area contributed by atoms with Gasteiger partial charge in [0.1, 0.15) is 0 Å². The first kappa shape index (κ1) is 16.9. The first-order chi connectivity index (χ1) is 12.7. The Kier molecular flexibility index (Phi) is 4.81. The summed E-state index contributed by atoms with van der Waals surface area (Å²) in [5.74, 6) is 1.58. The minimum atomic E-state index is 0.769. The zero-order chi connectivity index (χ0) is 17.9. The molecule has 0 aliphatic heterocycles. The Morgan fingerprint density at radius 3 is 2.46 bits per heavy atom. The van der Waals surface area contributed by atoms with Crippen molar-refractivity contribution in [3.63, 3.8) is 0 Å². The molecule has 130 valence electrons. The minimum absolute atomic E-state index is 0.769. The molecule has 0 aliphatic rings. The van der Waals surface area contributed by atoms with Gasteiger partial charge in [-0.1, -0.05) is 29.5 Å². The minimum Gasteiger partial charge on any atom is -0.270 e. The average Bonchev–Trinajstić information content (AvgIpc) is 3.27. The molecular weight excluding hydrogens is 362 g/mol. The second kappa shape index (κ2) is 7.39. The van der Waals surface area contributed by atoms with Gasteiger partial charge in [-0.25, -0.2) is 4.98 Å². The lowest BCUT2D eigenvalue weighted by atomic mass is 10.2. The van der Waals surface area contributed by atoms with Gasteiger partial charge in [0.2, 0.25) is 0 Å². The van der Waals surface area contributed by atoms with Crippen LogP contribution in [0.1, 0.15) is 16.3 Å². The second-order valence-corrected chi connectivity index (χ2v) is 7.86. The van der Waals surface area contributed by atoms with Gasteiger partial charge in [-0.3, -0.25) is 9.55 Å². The third kappa shape index (κ3) is 3.54. The van der Waals surface area contributed by atoms with Crippen molar-refractivity contribution < 1.29 is 0 Å².